The van der Waals surface area contributed by atoms with Crippen LogP contribution < -0.4 is 0 Å². The van der Waals surface area contributed by atoms with Gasteiger partial charge in [-0.05, 0) is 99.3 Å². The largest absolute Gasteiger partial charge is 4.00 e. The maximum absolute atomic E-state index is 5.50. The number of thiophene rings is 4. The predicted molar refractivity (Wildman–Crippen MR) is 562 cm³/mol. The third kappa shape index (κ3) is 24.9. The van der Waals surface area contributed by atoms with Gasteiger partial charge in [0.25, 0.3) is 0 Å². The van der Waals surface area contributed by atoms with Crippen LogP contribution >= 0.6 is 130 Å². The van der Waals surface area contributed by atoms with Crippen molar-refractivity contribution in [2.45, 2.75) is 298 Å². The molecule has 9 aromatic rings. The van der Waals surface area contributed by atoms with Crippen molar-refractivity contribution in [1.29, 1.82) is 0 Å². The van der Waals surface area contributed by atoms with E-state index < -0.39 is 67.0 Å². The van der Waals surface area contributed by atoms with Gasteiger partial charge in [-0.2, -0.15) is 0 Å². The molecule has 0 spiro atoms. The fraction of sp³-hybridized carbons (Fsp3) is 0.526. The molecular weight excluding hydrogens is 1920 g/mol. The first-order valence-electron chi connectivity index (χ1n) is 40.5. The standard InChI is InChI=1S/C26H32NS2Si.3C21H30NS2Si.8CH3.4ClH.4Ti/c1-16-20(17-12-8-7-9-13-17)21-23-22(18-14-10-11-15-19(18)28-23)29-24(21)25(16)30(5,6)27-26(2,3)4;3*1-12-13(2)20(25(6,7)22-21(3,4)5)19-16(12)18-17(24-19)14-10-8-9-11-15(14)23-18;;;;;;;;;;;;;;;;/h7-16,20-21,24-25H,1-6H3;3*8-13,16,19-20H,1-7H3;8*1H3;4*1H;;;;/q12*-1;;;;;2*+2;2*+4/p-4. The maximum Gasteiger partial charge on any atom is 4.00 e. The first-order chi connectivity index (χ1) is 51.8. The van der Waals surface area contributed by atoms with Crippen molar-refractivity contribution in [2.75, 3.05) is 0 Å². The molecule has 8 aliphatic rings. The molecule has 666 valence electrons. The van der Waals surface area contributed by atoms with Crippen LogP contribution in [0.1, 0.15) is 186 Å². The number of rotatable bonds is 9. The molecular formula is C97H146Cl4N4S8Si4Ti4-4. The first-order valence-corrected chi connectivity index (χ1v) is 67.9. The normalized spacial score (nSPS) is 27.3. The molecule has 4 saturated carbocycles. The van der Waals surface area contributed by atoms with Crippen LogP contribution in [0, 0.1) is 101 Å². The molecule has 17 rings (SSSR count). The zero-order chi connectivity index (χ0) is 81.1. The zero-order valence-corrected chi connectivity index (χ0v) is 99.5. The number of nitrogens with zero attached hydrogens (tertiary/aromatic N) is 4. The Labute approximate surface area is 841 Å². The number of fused-ring (bicyclic) bond motifs is 20. The van der Waals surface area contributed by atoms with Crippen LogP contribution in [0.3, 0.4) is 0 Å². The number of hydrogen-bond acceptors (Lipinski definition) is 8. The van der Waals surface area contributed by atoms with E-state index in [1.165, 1.54) is 45.9 Å². The van der Waals surface area contributed by atoms with Crippen molar-refractivity contribution < 1.29 is 77.5 Å². The maximum atomic E-state index is 5.50. The first kappa shape index (κ1) is 119. The van der Waals surface area contributed by atoms with E-state index in [-0.39, 0.29) is 125 Å². The van der Waals surface area contributed by atoms with Gasteiger partial charge in [0.15, 0.2) is 0 Å². The number of halogens is 4. The van der Waals surface area contributed by atoms with Crippen molar-refractivity contribution in [3.63, 3.8) is 0 Å². The minimum atomic E-state index is -1.80. The molecule has 4 aliphatic heterocycles. The monoisotopic (exact) mass is 2070 g/mol. The summed E-state index contributed by atoms with van der Waals surface area (Å²) in [4.78, 5) is 34.8. The number of benzene rings is 5. The van der Waals surface area contributed by atoms with Gasteiger partial charge in [-0.15, -0.1) is 115 Å². The summed E-state index contributed by atoms with van der Waals surface area (Å²) >= 11 is 15.9. The molecule has 20 atom stereocenters. The van der Waals surface area contributed by atoms with E-state index in [1.54, 1.807) is 39.1 Å². The van der Waals surface area contributed by atoms with Crippen molar-refractivity contribution in [3.8, 4) is 0 Å². The molecule has 8 heterocycles. The van der Waals surface area contributed by atoms with E-state index in [2.05, 4.69) is 404 Å². The van der Waals surface area contributed by atoms with Gasteiger partial charge in [0.2, 0.25) is 0 Å². The Morgan fingerprint density at radius 2 is 0.463 bits per heavy atom. The minimum Gasteiger partial charge on any atom is 4.00 e. The van der Waals surface area contributed by atoms with Gasteiger partial charge in [0.1, 0.15) is 0 Å². The van der Waals surface area contributed by atoms with Crippen LogP contribution in [0.25, 0.3) is 60.3 Å². The van der Waals surface area contributed by atoms with E-state index in [1.807, 2.05) is 0 Å². The topological polar surface area (TPSA) is 56.4 Å². The Bertz CT molecular complexity index is 4400. The van der Waals surface area contributed by atoms with Gasteiger partial charge < -0.3 is 79.3 Å². The molecule has 4 nitrogen and oxygen atoms in total. The quantitative estimate of drug-likeness (QED) is 0.107. The van der Waals surface area contributed by atoms with E-state index in [9.17, 15) is 0 Å². The summed E-state index contributed by atoms with van der Waals surface area (Å²) in [5, 5.41) is 8.83. The number of hydrogen-bond donors (Lipinski definition) is 0. The van der Waals surface area contributed by atoms with Gasteiger partial charge >= 0.3 is 115 Å². The van der Waals surface area contributed by atoms with E-state index >= 15 is 0 Å². The fourth-order valence-electron chi connectivity index (χ4n) is 23.0. The van der Waals surface area contributed by atoms with Crippen LogP contribution in [0.2, 0.25) is 74.5 Å². The molecule has 0 amide bonds. The van der Waals surface area contributed by atoms with Crippen LogP contribution in [-0.4, -0.2) is 76.1 Å². The van der Waals surface area contributed by atoms with Crippen molar-refractivity contribution >= 4 is 203 Å². The summed E-state index contributed by atoms with van der Waals surface area (Å²) in [7, 11) is 12.8. The van der Waals surface area contributed by atoms with Gasteiger partial charge in [0, 0.05) is 124 Å². The average Bonchev–Trinajstić information content (AvgIpc) is 1.58. The summed E-state index contributed by atoms with van der Waals surface area (Å²) in [5.41, 5.74) is 4.81. The summed E-state index contributed by atoms with van der Waals surface area (Å²) in [6.07, 6.45) is 0. The van der Waals surface area contributed by atoms with Gasteiger partial charge in [0.05, 0.1) is 0 Å². The Balaban J connectivity index is 0.000000522. The second kappa shape index (κ2) is 46.5. The van der Waals surface area contributed by atoms with E-state index in [0.29, 0.717) is 28.5 Å². The third-order valence-electron chi connectivity index (χ3n) is 25.7. The van der Waals surface area contributed by atoms with Crippen molar-refractivity contribution in [1.82, 2.24) is 0 Å². The van der Waals surface area contributed by atoms with Crippen molar-refractivity contribution in [3.05, 3.63) is 232 Å². The Hall–Kier alpha value is 2.06. The molecule has 0 bridgehead atoms. The molecule has 121 heavy (non-hydrogen) atoms. The van der Waals surface area contributed by atoms with Crippen LogP contribution in [-0.2, 0) is 77.5 Å². The van der Waals surface area contributed by atoms with Crippen LogP contribution in [0.15, 0.2) is 147 Å². The molecule has 4 aliphatic carbocycles. The van der Waals surface area contributed by atoms with Crippen molar-refractivity contribution in [2.24, 2.45) is 41.4 Å². The van der Waals surface area contributed by atoms with E-state index in [0.717, 1.165) is 85.6 Å². The fourth-order valence-corrected chi connectivity index (χ4v) is 59.6. The van der Waals surface area contributed by atoms with Gasteiger partial charge in [-0.3, -0.25) is 0 Å². The second-order valence-electron chi connectivity index (χ2n) is 39.5. The Morgan fingerprint density at radius 1 is 0.273 bits per heavy atom. The summed E-state index contributed by atoms with van der Waals surface area (Å²) in [5.74, 6) is 8.67. The summed E-state index contributed by atoms with van der Waals surface area (Å²) in [6.45, 7) is 65.0. The molecule has 20 unspecified atom stereocenters. The minimum absolute atomic E-state index is 0. The second-order valence-corrected chi connectivity index (χ2v) is 70.6. The summed E-state index contributed by atoms with van der Waals surface area (Å²) < 4.78 is 5.86. The van der Waals surface area contributed by atoms with Crippen LogP contribution in [0.5, 0.6) is 0 Å². The SMILES string of the molecule is CC1C(C)C([Si](C)(C)[N-]C(C)(C)C)C2Sc3c(sc4ccccc34)C12.CC1C(C)C([Si](C)(C)[N-]C(C)(C)C)C2Sc3c(sc4ccccc34)C12.CC1C(C)C([Si](C)(C)[N-]C(C)(C)C)C2Sc3c(sc4ccccc34)C12.CC1C(c2ccccc2)C2c3sc4ccccc4c3SC2C1[Si](C)(C)[N-]C(C)(C)C.[CH3-].[CH3-].[CH3-].[CH3-].[CH3-].[CH3-].[CH3-].[CH3-].[Cl][Ti][Cl].[Cl][Ti][Cl].[Ti+4].[Ti+4]. The molecule has 5 aromatic carbocycles. The number of thioether (sulfide) groups is 4. The molecule has 4 fully saturated rings. The molecule has 0 N–H and O–H groups in total. The molecule has 0 radical (unpaired) electrons. The van der Waals surface area contributed by atoms with E-state index in [4.69, 9.17) is 57.1 Å². The molecule has 24 heteroatoms. The predicted octanol–water partition coefficient (Wildman–Crippen LogP) is 37.5. The molecule has 4 aromatic heterocycles. The zero-order valence-electron chi connectivity index (χ0n) is 79.7. The van der Waals surface area contributed by atoms with Gasteiger partial charge in [-0.25, -0.2) is 0 Å². The smallest absolute Gasteiger partial charge is 4.00 e. The Morgan fingerprint density at radius 3 is 0.686 bits per heavy atom. The van der Waals surface area contributed by atoms with Crippen LogP contribution in [0.4, 0.5) is 0 Å². The molecule has 0 saturated heterocycles. The summed E-state index contributed by atoms with van der Waals surface area (Å²) in [6, 6.07) is 47.3. The average molecular weight is 2070 g/mol. The Kier molecular flexibility index (Phi) is 45.8. The third-order valence-corrected chi connectivity index (χ3v) is 53.5. The van der Waals surface area contributed by atoms with Gasteiger partial charge in [-0.1, -0.05) is 320 Å².